The Kier molecular flexibility index (Phi) is 6.16. The van der Waals surface area contributed by atoms with Crippen LogP contribution in [0.2, 0.25) is 0 Å². The second kappa shape index (κ2) is 9.44. The van der Waals surface area contributed by atoms with Gasteiger partial charge in [-0.3, -0.25) is 0 Å². The first-order chi connectivity index (χ1) is 17.1. The lowest BCUT2D eigenvalue weighted by Gasteiger charge is -2.52. The maximum Gasteiger partial charge on any atom is 0.120 e. The van der Waals surface area contributed by atoms with E-state index >= 15 is 0 Å². The van der Waals surface area contributed by atoms with E-state index in [4.69, 9.17) is 9.47 Å². The molecule has 3 aromatic rings. The average molecular weight is 469 g/mol. The molecule has 6 atom stereocenters. The number of benzene rings is 3. The third-order valence-corrected chi connectivity index (χ3v) is 9.13. The zero-order valence-electron chi connectivity index (χ0n) is 20.6. The third-order valence-electron chi connectivity index (χ3n) is 9.13. The van der Waals surface area contributed by atoms with Crippen LogP contribution in [0.25, 0.3) is 0 Å². The minimum Gasteiger partial charge on any atom is -0.489 e. The molecule has 6 rings (SSSR count). The van der Waals surface area contributed by atoms with Crippen LogP contribution in [0.4, 0.5) is 0 Å². The molecule has 3 nitrogen and oxygen atoms in total. The molecule has 35 heavy (non-hydrogen) atoms. The fraction of sp³-hybridized carbons (Fsp3) is 0.438. The minimum atomic E-state index is -0.322. The van der Waals surface area contributed by atoms with Gasteiger partial charge in [-0.05, 0) is 83.7 Å². The molecule has 0 amide bonds. The molecule has 6 unspecified atom stereocenters. The summed E-state index contributed by atoms with van der Waals surface area (Å²) in [6.45, 7) is 3.63. The Morgan fingerprint density at radius 2 is 1.57 bits per heavy atom. The summed E-state index contributed by atoms with van der Waals surface area (Å²) >= 11 is 0. The largest absolute Gasteiger partial charge is 0.489 e. The molecule has 0 heterocycles. The smallest absolute Gasteiger partial charge is 0.120 e. The molecule has 3 heteroatoms. The van der Waals surface area contributed by atoms with Crippen molar-refractivity contribution in [2.75, 3.05) is 0 Å². The van der Waals surface area contributed by atoms with Crippen LogP contribution in [0.5, 0.6) is 5.75 Å². The predicted octanol–water partition coefficient (Wildman–Crippen LogP) is 6.68. The van der Waals surface area contributed by atoms with Gasteiger partial charge >= 0.3 is 0 Å². The van der Waals surface area contributed by atoms with Gasteiger partial charge in [0.15, 0.2) is 0 Å². The number of rotatable bonds is 6. The van der Waals surface area contributed by atoms with Crippen LogP contribution in [-0.2, 0) is 24.4 Å². The lowest BCUT2D eigenvalue weighted by atomic mass is 9.54. The Hall–Kier alpha value is -2.62. The maximum absolute atomic E-state index is 11.5. The van der Waals surface area contributed by atoms with Crippen molar-refractivity contribution in [3.8, 4) is 5.75 Å². The van der Waals surface area contributed by atoms with Crippen LogP contribution in [0.3, 0.4) is 0 Å². The molecule has 2 saturated carbocycles. The van der Waals surface area contributed by atoms with Crippen LogP contribution in [0.1, 0.15) is 60.8 Å². The van der Waals surface area contributed by atoms with E-state index in [1.165, 1.54) is 28.7 Å². The van der Waals surface area contributed by atoms with Gasteiger partial charge in [0.1, 0.15) is 12.4 Å². The monoisotopic (exact) mass is 468 g/mol. The van der Waals surface area contributed by atoms with Gasteiger partial charge in [-0.25, -0.2) is 0 Å². The molecule has 0 radical (unpaired) electrons. The van der Waals surface area contributed by atoms with Crippen molar-refractivity contribution in [2.45, 2.75) is 70.4 Å². The van der Waals surface area contributed by atoms with Gasteiger partial charge in [0.2, 0.25) is 0 Å². The molecule has 3 aromatic carbocycles. The summed E-state index contributed by atoms with van der Waals surface area (Å²) in [6.07, 6.45) is 5.23. The molecule has 2 fully saturated rings. The van der Waals surface area contributed by atoms with Crippen molar-refractivity contribution in [3.05, 3.63) is 101 Å². The van der Waals surface area contributed by atoms with E-state index in [0.717, 1.165) is 31.4 Å². The Labute approximate surface area is 209 Å². The molecule has 0 saturated heterocycles. The molecule has 0 aromatic heterocycles. The highest BCUT2D eigenvalue weighted by Gasteiger charge is 2.58. The van der Waals surface area contributed by atoms with Crippen molar-refractivity contribution < 1.29 is 14.6 Å². The van der Waals surface area contributed by atoms with E-state index in [-0.39, 0.29) is 23.5 Å². The highest BCUT2D eigenvalue weighted by Crippen LogP contribution is 2.61. The SMILES string of the molecule is CC12CC(O)C3c4ccc(OCc5ccccc5)cc4CCC3C1CCC2OCc1ccccc1. The van der Waals surface area contributed by atoms with Crippen molar-refractivity contribution in [2.24, 2.45) is 17.3 Å². The highest BCUT2D eigenvalue weighted by atomic mass is 16.5. The van der Waals surface area contributed by atoms with E-state index in [2.05, 4.69) is 61.5 Å². The highest BCUT2D eigenvalue weighted by molar-refractivity contribution is 5.41. The number of aliphatic hydroxyl groups excluding tert-OH is 1. The standard InChI is InChI=1S/C32H36O3/c1-32-19-29(33)31-26-15-13-25(34-20-22-8-4-2-5-9-22)18-24(26)12-14-27(31)28(32)16-17-30(32)35-21-23-10-6-3-7-11-23/h2-11,13,15,18,27-31,33H,12,14,16-17,19-21H2,1H3. The lowest BCUT2D eigenvalue weighted by Crippen LogP contribution is -2.50. The number of ether oxygens (including phenoxy) is 2. The topological polar surface area (TPSA) is 38.7 Å². The zero-order chi connectivity index (χ0) is 23.8. The molecule has 182 valence electrons. The van der Waals surface area contributed by atoms with E-state index < -0.39 is 0 Å². The average Bonchev–Trinajstić information content (AvgIpc) is 3.22. The first kappa shape index (κ1) is 22.8. The van der Waals surface area contributed by atoms with Crippen molar-refractivity contribution in [1.29, 1.82) is 0 Å². The zero-order valence-corrected chi connectivity index (χ0v) is 20.6. The summed E-state index contributed by atoms with van der Waals surface area (Å²) in [5.41, 5.74) is 5.15. The number of hydrogen-bond donors (Lipinski definition) is 1. The predicted molar refractivity (Wildman–Crippen MR) is 138 cm³/mol. The number of fused-ring (bicyclic) bond motifs is 5. The first-order valence-corrected chi connectivity index (χ1v) is 13.2. The van der Waals surface area contributed by atoms with Gasteiger partial charge in [-0.1, -0.05) is 73.7 Å². The molecule has 0 aliphatic heterocycles. The van der Waals surface area contributed by atoms with E-state index in [0.29, 0.717) is 25.0 Å². The summed E-state index contributed by atoms with van der Waals surface area (Å²) in [5.74, 6) is 2.29. The number of hydrogen-bond acceptors (Lipinski definition) is 3. The summed E-state index contributed by atoms with van der Waals surface area (Å²) in [7, 11) is 0. The molecule has 3 aliphatic carbocycles. The quantitative estimate of drug-likeness (QED) is 0.439. The lowest BCUT2D eigenvalue weighted by molar-refractivity contribution is -0.106. The second-order valence-electron chi connectivity index (χ2n) is 11.1. The normalized spacial score (nSPS) is 31.3. The molecule has 1 N–H and O–H groups in total. The van der Waals surface area contributed by atoms with Crippen LogP contribution in [0, 0.1) is 17.3 Å². The Bertz CT molecular complexity index is 1140. The minimum absolute atomic E-state index is 0.0472. The molecule has 0 spiro atoms. The van der Waals surface area contributed by atoms with E-state index in [1.807, 2.05) is 24.3 Å². The second-order valence-corrected chi connectivity index (χ2v) is 11.1. The molecule has 0 bridgehead atoms. The summed E-state index contributed by atoms with van der Waals surface area (Å²) in [4.78, 5) is 0. The van der Waals surface area contributed by atoms with Gasteiger partial charge in [0, 0.05) is 5.92 Å². The van der Waals surface area contributed by atoms with Gasteiger partial charge in [-0.15, -0.1) is 0 Å². The van der Waals surface area contributed by atoms with Crippen LogP contribution >= 0.6 is 0 Å². The first-order valence-electron chi connectivity index (χ1n) is 13.2. The van der Waals surface area contributed by atoms with Crippen LogP contribution < -0.4 is 4.74 Å². The third kappa shape index (κ3) is 4.30. The van der Waals surface area contributed by atoms with Crippen molar-refractivity contribution in [3.63, 3.8) is 0 Å². The fourth-order valence-electron chi connectivity index (χ4n) is 7.47. The summed E-state index contributed by atoms with van der Waals surface area (Å²) < 4.78 is 12.6. The van der Waals surface area contributed by atoms with E-state index in [9.17, 15) is 5.11 Å². The molecular formula is C32H36O3. The van der Waals surface area contributed by atoms with Crippen LogP contribution in [0.15, 0.2) is 78.9 Å². The Balaban J connectivity index is 1.17. The van der Waals surface area contributed by atoms with Gasteiger partial charge in [0.25, 0.3) is 0 Å². The summed E-state index contributed by atoms with van der Waals surface area (Å²) in [5, 5.41) is 11.5. The van der Waals surface area contributed by atoms with E-state index in [1.54, 1.807) is 0 Å². The summed E-state index contributed by atoms with van der Waals surface area (Å²) in [6, 6.07) is 27.3. The number of aryl methyl sites for hydroxylation is 1. The molecular weight excluding hydrogens is 432 g/mol. The Morgan fingerprint density at radius 1 is 0.857 bits per heavy atom. The molecule has 3 aliphatic rings. The van der Waals surface area contributed by atoms with Crippen molar-refractivity contribution in [1.82, 2.24) is 0 Å². The number of aliphatic hydroxyl groups is 1. The maximum atomic E-state index is 11.5. The fourth-order valence-corrected chi connectivity index (χ4v) is 7.47. The van der Waals surface area contributed by atoms with Crippen LogP contribution in [-0.4, -0.2) is 17.3 Å². The Morgan fingerprint density at radius 3 is 2.31 bits per heavy atom. The van der Waals surface area contributed by atoms with Gasteiger partial charge < -0.3 is 14.6 Å². The van der Waals surface area contributed by atoms with Gasteiger partial charge in [-0.2, -0.15) is 0 Å². The van der Waals surface area contributed by atoms with Gasteiger partial charge in [0.05, 0.1) is 18.8 Å². The van der Waals surface area contributed by atoms with Crippen molar-refractivity contribution >= 4 is 0 Å².